The first kappa shape index (κ1) is 14.0. The van der Waals surface area contributed by atoms with E-state index in [4.69, 9.17) is 4.74 Å². The zero-order valence-electron chi connectivity index (χ0n) is 11.3. The largest absolute Gasteiger partial charge is 0.493 e. The Balaban J connectivity index is 1.90. The second kappa shape index (κ2) is 5.82. The maximum absolute atomic E-state index is 12.3. The van der Waals surface area contributed by atoms with E-state index in [1.165, 1.54) is 0 Å². The van der Waals surface area contributed by atoms with Gasteiger partial charge in [0.1, 0.15) is 5.75 Å². The highest BCUT2D eigenvalue weighted by Crippen LogP contribution is 2.26. The highest BCUT2D eigenvalue weighted by Gasteiger charge is 2.20. The van der Waals surface area contributed by atoms with Crippen LogP contribution in [0, 0.1) is 0 Å². The number of aryl methyl sites for hydroxylation is 1. The standard InChI is InChI=1S/C17H13BrO3/c18-14-5-1-3-12(10-14)16(19)17(20)13-6-7-15-11(9-13)4-2-8-21-15/h1,3,5-7,9-10H,2,4,8H2. The van der Waals surface area contributed by atoms with Crippen LogP contribution < -0.4 is 4.74 Å². The molecule has 2 aromatic carbocycles. The van der Waals surface area contributed by atoms with E-state index < -0.39 is 11.6 Å². The van der Waals surface area contributed by atoms with Crippen LogP contribution in [0.1, 0.15) is 32.7 Å². The maximum atomic E-state index is 12.3. The minimum Gasteiger partial charge on any atom is -0.493 e. The molecule has 0 radical (unpaired) electrons. The van der Waals surface area contributed by atoms with Crippen molar-refractivity contribution in [3.05, 3.63) is 63.6 Å². The molecule has 0 aromatic heterocycles. The third-order valence-electron chi connectivity index (χ3n) is 3.46. The number of ether oxygens (including phenoxy) is 1. The summed E-state index contributed by atoms with van der Waals surface area (Å²) in [5.74, 6) is -0.165. The van der Waals surface area contributed by atoms with E-state index in [9.17, 15) is 9.59 Å². The average molecular weight is 345 g/mol. The first-order valence-electron chi connectivity index (χ1n) is 6.75. The summed E-state index contributed by atoms with van der Waals surface area (Å²) in [7, 11) is 0. The molecule has 0 saturated heterocycles. The van der Waals surface area contributed by atoms with E-state index in [0.29, 0.717) is 17.7 Å². The van der Waals surface area contributed by atoms with Gasteiger partial charge in [-0.1, -0.05) is 28.1 Å². The van der Waals surface area contributed by atoms with Crippen LogP contribution in [0.5, 0.6) is 5.75 Å². The second-order valence-electron chi connectivity index (χ2n) is 4.94. The first-order valence-corrected chi connectivity index (χ1v) is 7.55. The molecule has 4 heteroatoms. The van der Waals surface area contributed by atoms with Crippen molar-refractivity contribution in [2.45, 2.75) is 12.8 Å². The molecule has 0 atom stereocenters. The third kappa shape index (κ3) is 2.90. The van der Waals surface area contributed by atoms with Crippen molar-refractivity contribution in [1.29, 1.82) is 0 Å². The summed E-state index contributed by atoms with van der Waals surface area (Å²) in [6.07, 6.45) is 1.81. The molecule has 21 heavy (non-hydrogen) atoms. The molecule has 2 aromatic rings. The van der Waals surface area contributed by atoms with Gasteiger partial charge in [0.15, 0.2) is 0 Å². The highest BCUT2D eigenvalue weighted by molar-refractivity contribution is 9.10. The summed E-state index contributed by atoms with van der Waals surface area (Å²) < 4.78 is 6.29. The fourth-order valence-corrected chi connectivity index (χ4v) is 2.79. The predicted molar refractivity (Wildman–Crippen MR) is 83.1 cm³/mol. The molecule has 0 fully saturated rings. The topological polar surface area (TPSA) is 43.4 Å². The molecule has 0 aliphatic carbocycles. The van der Waals surface area contributed by atoms with Crippen LogP contribution in [0.2, 0.25) is 0 Å². The Kier molecular flexibility index (Phi) is 3.88. The smallest absolute Gasteiger partial charge is 0.233 e. The SMILES string of the molecule is O=C(C(=O)c1ccc2c(c1)CCCO2)c1cccc(Br)c1. The lowest BCUT2D eigenvalue weighted by Crippen LogP contribution is -2.16. The van der Waals surface area contributed by atoms with Gasteiger partial charge in [0.05, 0.1) is 6.61 Å². The van der Waals surface area contributed by atoms with Gasteiger partial charge >= 0.3 is 0 Å². The molecule has 0 spiro atoms. The van der Waals surface area contributed by atoms with E-state index >= 15 is 0 Å². The fourth-order valence-electron chi connectivity index (χ4n) is 2.39. The Labute approximate surface area is 131 Å². The zero-order chi connectivity index (χ0) is 14.8. The van der Waals surface area contributed by atoms with E-state index in [1.807, 2.05) is 6.07 Å². The van der Waals surface area contributed by atoms with Crippen molar-refractivity contribution in [3.8, 4) is 5.75 Å². The van der Waals surface area contributed by atoms with Crippen molar-refractivity contribution < 1.29 is 14.3 Å². The van der Waals surface area contributed by atoms with E-state index in [-0.39, 0.29) is 0 Å². The molecule has 0 saturated carbocycles. The Hall–Kier alpha value is -1.94. The summed E-state index contributed by atoms with van der Waals surface area (Å²) in [6, 6.07) is 12.1. The van der Waals surface area contributed by atoms with Crippen LogP contribution >= 0.6 is 15.9 Å². The maximum Gasteiger partial charge on any atom is 0.233 e. The minimum atomic E-state index is -0.493. The highest BCUT2D eigenvalue weighted by atomic mass is 79.9. The molecule has 0 N–H and O–H groups in total. The number of carbonyl (C=O) groups is 2. The Morgan fingerprint density at radius 2 is 1.76 bits per heavy atom. The van der Waals surface area contributed by atoms with Crippen molar-refractivity contribution in [2.75, 3.05) is 6.61 Å². The lowest BCUT2D eigenvalue weighted by atomic mass is 9.97. The van der Waals surface area contributed by atoms with E-state index in [0.717, 1.165) is 28.6 Å². The number of halogens is 1. The fraction of sp³-hybridized carbons (Fsp3) is 0.176. The molecule has 1 aliphatic heterocycles. The summed E-state index contributed by atoms with van der Waals surface area (Å²) in [5.41, 5.74) is 1.81. The molecular formula is C17H13BrO3. The van der Waals surface area contributed by atoms with Gasteiger partial charge in [-0.05, 0) is 48.7 Å². The first-order chi connectivity index (χ1) is 10.1. The van der Waals surface area contributed by atoms with Gasteiger partial charge in [-0.3, -0.25) is 9.59 Å². The number of fused-ring (bicyclic) bond motifs is 1. The van der Waals surface area contributed by atoms with Crippen molar-refractivity contribution in [3.63, 3.8) is 0 Å². The summed E-state index contributed by atoms with van der Waals surface area (Å²) >= 11 is 3.31. The van der Waals surface area contributed by atoms with Gasteiger partial charge in [-0.25, -0.2) is 0 Å². The zero-order valence-corrected chi connectivity index (χ0v) is 12.9. The molecular weight excluding hydrogens is 332 g/mol. The van der Waals surface area contributed by atoms with Gasteiger partial charge in [0.2, 0.25) is 11.6 Å². The molecule has 0 unspecified atom stereocenters. The molecule has 3 rings (SSSR count). The number of rotatable bonds is 3. The number of hydrogen-bond acceptors (Lipinski definition) is 3. The number of benzene rings is 2. The lowest BCUT2D eigenvalue weighted by Gasteiger charge is -2.17. The molecule has 0 amide bonds. The van der Waals surface area contributed by atoms with E-state index in [1.54, 1.807) is 36.4 Å². The number of Topliss-reactive ketones (excluding diaryl/α,β-unsaturated/α-hetero) is 2. The van der Waals surface area contributed by atoms with Gasteiger partial charge in [0.25, 0.3) is 0 Å². The predicted octanol–water partition coefficient (Wildman–Crippen LogP) is 3.84. The van der Waals surface area contributed by atoms with Crippen LogP contribution in [0.25, 0.3) is 0 Å². The number of hydrogen-bond donors (Lipinski definition) is 0. The number of ketones is 2. The van der Waals surface area contributed by atoms with Crippen LogP contribution in [0.15, 0.2) is 46.9 Å². The lowest BCUT2D eigenvalue weighted by molar-refractivity contribution is 0.0816. The third-order valence-corrected chi connectivity index (χ3v) is 3.96. The monoisotopic (exact) mass is 344 g/mol. The normalized spacial score (nSPS) is 13.2. The molecule has 0 bridgehead atoms. The summed E-state index contributed by atoms with van der Waals surface area (Å²) in [6.45, 7) is 0.706. The molecule has 1 heterocycles. The molecule has 3 nitrogen and oxygen atoms in total. The van der Waals surface area contributed by atoms with Gasteiger partial charge in [-0.15, -0.1) is 0 Å². The van der Waals surface area contributed by atoms with Crippen LogP contribution in [0.3, 0.4) is 0 Å². The van der Waals surface area contributed by atoms with Crippen LogP contribution in [-0.2, 0) is 6.42 Å². The van der Waals surface area contributed by atoms with Crippen molar-refractivity contribution in [2.24, 2.45) is 0 Å². The van der Waals surface area contributed by atoms with E-state index in [2.05, 4.69) is 15.9 Å². The Morgan fingerprint density at radius 3 is 2.52 bits per heavy atom. The van der Waals surface area contributed by atoms with Crippen molar-refractivity contribution in [1.82, 2.24) is 0 Å². The molecule has 1 aliphatic rings. The Bertz CT molecular complexity index is 722. The number of carbonyl (C=O) groups excluding carboxylic acids is 2. The average Bonchev–Trinajstić information content (AvgIpc) is 2.53. The molecule has 106 valence electrons. The van der Waals surface area contributed by atoms with Crippen LogP contribution in [-0.4, -0.2) is 18.2 Å². The summed E-state index contributed by atoms with van der Waals surface area (Å²) in [4.78, 5) is 24.6. The van der Waals surface area contributed by atoms with Gasteiger partial charge < -0.3 is 4.74 Å². The second-order valence-corrected chi connectivity index (χ2v) is 5.86. The van der Waals surface area contributed by atoms with Gasteiger partial charge in [-0.2, -0.15) is 0 Å². The Morgan fingerprint density at radius 1 is 1.00 bits per heavy atom. The van der Waals surface area contributed by atoms with Crippen LogP contribution in [0.4, 0.5) is 0 Å². The van der Waals surface area contributed by atoms with Gasteiger partial charge in [0, 0.05) is 15.6 Å². The summed E-state index contributed by atoms with van der Waals surface area (Å²) in [5, 5.41) is 0. The quantitative estimate of drug-likeness (QED) is 0.627. The minimum absolute atomic E-state index is 0.392. The van der Waals surface area contributed by atoms with Crippen molar-refractivity contribution >= 4 is 27.5 Å².